The van der Waals surface area contributed by atoms with Crippen LogP contribution in [0.2, 0.25) is 0 Å². The van der Waals surface area contributed by atoms with Gasteiger partial charge < -0.3 is 4.42 Å². The molecule has 0 aliphatic heterocycles. The molecule has 0 aliphatic rings. The molecule has 3 aromatic heterocycles. The fraction of sp³-hybridized carbons (Fsp3) is 0.154. The summed E-state index contributed by atoms with van der Waals surface area (Å²) in [6, 6.07) is 16.7. The molecule has 2 aromatic carbocycles. The van der Waals surface area contributed by atoms with Crippen molar-refractivity contribution < 1.29 is 4.42 Å². The minimum Gasteiger partial charge on any atom is -0.422 e. The number of thioether (sulfide) groups is 1. The van der Waals surface area contributed by atoms with Gasteiger partial charge in [0.15, 0.2) is 5.16 Å². The van der Waals surface area contributed by atoms with Crippen LogP contribution in [-0.4, -0.2) is 14.5 Å². The molecule has 0 saturated carbocycles. The number of aromatic nitrogens is 3. The van der Waals surface area contributed by atoms with Crippen molar-refractivity contribution >= 4 is 33.6 Å². The highest BCUT2D eigenvalue weighted by molar-refractivity contribution is 7.98. The quantitative estimate of drug-likeness (QED) is 0.214. The second kappa shape index (κ2) is 8.67. The summed E-state index contributed by atoms with van der Waals surface area (Å²) in [5, 5.41) is 2.06. The molecule has 0 atom stereocenters. The van der Waals surface area contributed by atoms with Crippen LogP contribution in [-0.2, 0) is 12.3 Å². The number of hydrogen-bond donors (Lipinski definition) is 0. The van der Waals surface area contributed by atoms with E-state index in [0.717, 1.165) is 27.6 Å². The van der Waals surface area contributed by atoms with Crippen LogP contribution in [0.1, 0.15) is 22.3 Å². The number of hydrogen-bond acceptors (Lipinski definition) is 6. The molecule has 0 saturated heterocycles. The predicted octanol–water partition coefficient (Wildman–Crippen LogP) is 4.86. The summed E-state index contributed by atoms with van der Waals surface area (Å²) >= 11 is 1.43. The first-order chi connectivity index (χ1) is 16.0. The Kier molecular flexibility index (Phi) is 5.56. The average molecular weight is 456 g/mol. The van der Waals surface area contributed by atoms with E-state index in [9.17, 15) is 9.59 Å². The van der Waals surface area contributed by atoms with Gasteiger partial charge >= 0.3 is 5.63 Å². The molecule has 33 heavy (non-hydrogen) atoms. The second-order valence-corrected chi connectivity index (χ2v) is 8.87. The molecule has 5 aromatic rings. The third-order valence-electron chi connectivity index (χ3n) is 5.76. The summed E-state index contributed by atoms with van der Waals surface area (Å²) in [7, 11) is 0. The van der Waals surface area contributed by atoms with Crippen molar-refractivity contribution in [3.63, 3.8) is 0 Å². The summed E-state index contributed by atoms with van der Waals surface area (Å²) in [4.78, 5) is 34.6. The van der Waals surface area contributed by atoms with Crippen LogP contribution < -0.4 is 11.2 Å². The van der Waals surface area contributed by atoms with Crippen molar-refractivity contribution in [2.24, 2.45) is 0 Å². The normalized spacial score (nSPS) is 11.3. The molecule has 7 heteroatoms. The van der Waals surface area contributed by atoms with E-state index in [-0.39, 0.29) is 11.2 Å². The number of rotatable bonds is 5. The van der Waals surface area contributed by atoms with Gasteiger partial charge in [-0.3, -0.25) is 14.3 Å². The third kappa shape index (κ3) is 4.07. The average Bonchev–Trinajstić information content (AvgIpc) is 2.83. The highest BCUT2D eigenvalue weighted by Gasteiger charge is 2.15. The van der Waals surface area contributed by atoms with Gasteiger partial charge in [-0.25, -0.2) is 9.78 Å². The van der Waals surface area contributed by atoms with Crippen LogP contribution in [0.15, 0.2) is 86.2 Å². The van der Waals surface area contributed by atoms with E-state index in [4.69, 9.17) is 9.40 Å². The Morgan fingerprint density at radius 2 is 1.85 bits per heavy atom. The van der Waals surface area contributed by atoms with E-state index in [1.54, 1.807) is 23.0 Å². The molecule has 0 radical (unpaired) electrons. The molecule has 0 fully saturated rings. The number of para-hydroxylation sites is 1. The number of aryl methyl sites for hydroxylation is 2. The van der Waals surface area contributed by atoms with Crippen molar-refractivity contribution in [3.8, 4) is 0 Å². The van der Waals surface area contributed by atoms with Gasteiger partial charge in [0.05, 0.1) is 17.4 Å². The minimum atomic E-state index is -0.383. The van der Waals surface area contributed by atoms with E-state index in [0.29, 0.717) is 33.9 Å². The zero-order valence-electron chi connectivity index (χ0n) is 18.2. The summed E-state index contributed by atoms with van der Waals surface area (Å²) in [5.74, 6) is 0.475. The molecule has 0 aliphatic carbocycles. The second-order valence-electron chi connectivity index (χ2n) is 7.93. The van der Waals surface area contributed by atoms with Crippen molar-refractivity contribution in [2.75, 3.05) is 0 Å². The molecule has 6 nitrogen and oxygen atoms in total. The number of benzene rings is 2. The van der Waals surface area contributed by atoms with E-state index < -0.39 is 0 Å². The largest absolute Gasteiger partial charge is 0.422 e. The van der Waals surface area contributed by atoms with Crippen LogP contribution >= 0.6 is 11.8 Å². The maximum absolute atomic E-state index is 13.3. The Bertz CT molecular complexity index is 1610. The lowest BCUT2D eigenvalue weighted by Crippen LogP contribution is -2.24. The van der Waals surface area contributed by atoms with Crippen LogP contribution in [0.5, 0.6) is 0 Å². The molecule has 164 valence electrons. The number of nitrogens with zero attached hydrogens (tertiary/aromatic N) is 3. The SMILES string of the molecule is Cc1ccc2c(CSc3nc4ccccc4c(=O)n3Cc3cccnc3)cc(=O)oc2c1C. The fourth-order valence-electron chi connectivity index (χ4n) is 3.86. The third-order valence-corrected chi connectivity index (χ3v) is 6.79. The lowest BCUT2D eigenvalue weighted by Gasteiger charge is -2.14. The zero-order chi connectivity index (χ0) is 22.9. The van der Waals surface area contributed by atoms with Gasteiger partial charge in [0, 0.05) is 29.6 Å². The molecule has 3 heterocycles. The summed E-state index contributed by atoms with van der Waals surface area (Å²) < 4.78 is 7.18. The Hall–Kier alpha value is -3.71. The highest BCUT2D eigenvalue weighted by atomic mass is 32.2. The summed E-state index contributed by atoms with van der Waals surface area (Å²) in [6.07, 6.45) is 3.45. The van der Waals surface area contributed by atoms with Crippen LogP contribution in [0.25, 0.3) is 21.9 Å². The minimum absolute atomic E-state index is 0.101. The Balaban J connectivity index is 1.59. The monoisotopic (exact) mass is 455 g/mol. The van der Waals surface area contributed by atoms with Crippen molar-refractivity contribution in [3.05, 3.63) is 110 Å². The zero-order valence-corrected chi connectivity index (χ0v) is 19.1. The highest BCUT2D eigenvalue weighted by Crippen LogP contribution is 2.28. The first-order valence-electron chi connectivity index (χ1n) is 10.6. The molecular formula is C26H21N3O3S. The summed E-state index contributed by atoms with van der Waals surface area (Å²) in [5.41, 5.74) is 4.56. The molecule has 0 spiro atoms. The van der Waals surface area contributed by atoms with Gasteiger partial charge in [0.2, 0.25) is 0 Å². The van der Waals surface area contributed by atoms with Gasteiger partial charge in [-0.2, -0.15) is 0 Å². The van der Waals surface area contributed by atoms with Gasteiger partial charge in [-0.15, -0.1) is 0 Å². The molecular weight excluding hydrogens is 434 g/mol. The lowest BCUT2D eigenvalue weighted by molar-refractivity contribution is 0.557. The topological polar surface area (TPSA) is 78.0 Å². The lowest BCUT2D eigenvalue weighted by atomic mass is 10.0. The first-order valence-corrected chi connectivity index (χ1v) is 11.5. The van der Waals surface area contributed by atoms with Crippen molar-refractivity contribution in [1.29, 1.82) is 0 Å². The van der Waals surface area contributed by atoms with Crippen molar-refractivity contribution in [1.82, 2.24) is 14.5 Å². The predicted molar refractivity (Wildman–Crippen MR) is 131 cm³/mol. The van der Waals surface area contributed by atoms with Gasteiger partial charge in [0.25, 0.3) is 5.56 Å². The van der Waals surface area contributed by atoms with Crippen LogP contribution in [0, 0.1) is 13.8 Å². The van der Waals surface area contributed by atoms with E-state index in [1.807, 2.05) is 56.3 Å². The Morgan fingerprint density at radius 3 is 2.67 bits per heavy atom. The Labute approximate surface area is 193 Å². The molecule has 5 rings (SSSR count). The fourth-order valence-corrected chi connectivity index (χ4v) is 4.85. The van der Waals surface area contributed by atoms with E-state index in [1.165, 1.54) is 17.8 Å². The molecule has 0 amide bonds. The van der Waals surface area contributed by atoms with Gasteiger partial charge in [-0.05, 0) is 54.3 Å². The molecule has 0 unspecified atom stereocenters. The number of fused-ring (bicyclic) bond motifs is 2. The molecule has 0 bridgehead atoms. The van der Waals surface area contributed by atoms with Crippen LogP contribution in [0.4, 0.5) is 0 Å². The smallest absolute Gasteiger partial charge is 0.336 e. The van der Waals surface area contributed by atoms with Crippen LogP contribution in [0.3, 0.4) is 0 Å². The van der Waals surface area contributed by atoms with E-state index >= 15 is 0 Å². The Morgan fingerprint density at radius 1 is 1.00 bits per heavy atom. The maximum Gasteiger partial charge on any atom is 0.336 e. The first kappa shape index (κ1) is 21.2. The van der Waals surface area contributed by atoms with Gasteiger partial charge in [-0.1, -0.05) is 42.1 Å². The van der Waals surface area contributed by atoms with Crippen molar-refractivity contribution in [2.45, 2.75) is 31.3 Å². The summed E-state index contributed by atoms with van der Waals surface area (Å²) in [6.45, 7) is 4.31. The number of pyridine rings is 1. The maximum atomic E-state index is 13.3. The van der Waals surface area contributed by atoms with E-state index in [2.05, 4.69) is 4.98 Å². The standard InChI is InChI=1S/C26H21N3O3S/c1-16-9-10-20-19(12-23(30)32-24(20)17(16)2)15-33-26-28-22-8-4-3-7-21(22)25(31)29(26)14-18-6-5-11-27-13-18/h3-13H,14-15H2,1-2H3. The van der Waals surface area contributed by atoms with Gasteiger partial charge in [0.1, 0.15) is 5.58 Å². The molecule has 0 N–H and O–H groups in total.